The Hall–Kier alpha value is -2.69. The molecule has 3 aromatic rings. The maximum Gasteiger partial charge on any atom is 0.272 e. The van der Waals surface area contributed by atoms with Crippen molar-refractivity contribution >= 4 is 17.3 Å². The summed E-state index contributed by atoms with van der Waals surface area (Å²) in [7, 11) is 0. The second-order valence-corrected chi connectivity index (χ2v) is 4.50. The number of hydrogen-bond donors (Lipinski definition) is 0. The van der Waals surface area contributed by atoms with Gasteiger partial charge in [-0.05, 0) is 31.2 Å². The van der Waals surface area contributed by atoms with Gasteiger partial charge >= 0.3 is 0 Å². The van der Waals surface area contributed by atoms with Crippen molar-refractivity contribution in [1.82, 2.24) is 9.55 Å². The Morgan fingerprint density at radius 2 is 2.05 bits per heavy atom. The van der Waals surface area contributed by atoms with Crippen molar-refractivity contribution in [3.63, 3.8) is 0 Å². The lowest BCUT2D eigenvalue weighted by Gasteiger charge is -2.09. The van der Waals surface area contributed by atoms with Crippen LogP contribution >= 0.6 is 0 Å². The summed E-state index contributed by atoms with van der Waals surface area (Å²) in [5.41, 5.74) is 1.78. The number of nitrogens with zero attached hydrogens (tertiary/aromatic N) is 2. The summed E-state index contributed by atoms with van der Waals surface area (Å²) < 4.78 is 6.93. The molecule has 3 rings (SSSR count). The van der Waals surface area contributed by atoms with E-state index >= 15 is 0 Å². The van der Waals surface area contributed by atoms with Crippen molar-refractivity contribution in [2.24, 2.45) is 0 Å². The monoisotopic (exact) mass is 268 g/mol. The van der Waals surface area contributed by atoms with Crippen LogP contribution in [0.15, 0.2) is 45.6 Å². The molecular weight excluding hydrogens is 256 g/mol. The molecule has 0 saturated heterocycles. The van der Waals surface area contributed by atoms with E-state index in [0.717, 1.165) is 11.0 Å². The fourth-order valence-electron chi connectivity index (χ4n) is 2.18. The van der Waals surface area contributed by atoms with Crippen molar-refractivity contribution in [1.29, 1.82) is 0 Å². The van der Waals surface area contributed by atoms with Crippen LogP contribution in [0.4, 0.5) is 0 Å². The largest absolute Gasteiger partial charge is 0.456 e. The molecule has 0 saturated carbocycles. The van der Waals surface area contributed by atoms with Crippen LogP contribution in [0.25, 0.3) is 11.0 Å². The van der Waals surface area contributed by atoms with Crippen LogP contribution in [0.1, 0.15) is 22.0 Å². The molecule has 0 amide bonds. The Balaban J connectivity index is 2.16. The third-order valence-corrected chi connectivity index (χ3v) is 3.13. The van der Waals surface area contributed by atoms with Crippen LogP contribution in [-0.2, 0) is 6.54 Å². The number of hydrogen-bond acceptors (Lipinski definition) is 4. The van der Waals surface area contributed by atoms with E-state index in [-0.39, 0.29) is 17.9 Å². The minimum atomic E-state index is -0.159. The summed E-state index contributed by atoms with van der Waals surface area (Å²) in [5.74, 6) is 0.813. The van der Waals surface area contributed by atoms with Gasteiger partial charge in [-0.3, -0.25) is 14.2 Å². The zero-order chi connectivity index (χ0) is 14.1. The van der Waals surface area contributed by atoms with Gasteiger partial charge in [0.25, 0.3) is 5.56 Å². The summed E-state index contributed by atoms with van der Waals surface area (Å²) in [6.07, 6.45) is 0.641. The molecule has 0 fully saturated rings. The van der Waals surface area contributed by atoms with E-state index in [1.54, 1.807) is 23.6 Å². The SMILES string of the molecule is Cc1nc2ccccc2n(Cc2ccc(C=O)o2)c1=O. The molecule has 1 aromatic carbocycles. The first-order valence-corrected chi connectivity index (χ1v) is 6.19. The van der Waals surface area contributed by atoms with Crippen LogP contribution in [0.2, 0.25) is 0 Å². The number of aldehydes is 1. The van der Waals surface area contributed by atoms with Gasteiger partial charge in [0.2, 0.25) is 0 Å². The second-order valence-electron chi connectivity index (χ2n) is 4.50. The maximum atomic E-state index is 12.3. The van der Waals surface area contributed by atoms with Crippen molar-refractivity contribution in [2.75, 3.05) is 0 Å². The van der Waals surface area contributed by atoms with E-state index in [2.05, 4.69) is 4.98 Å². The van der Waals surface area contributed by atoms with Crippen LogP contribution < -0.4 is 5.56 Å². The first-order valence-electron chi connectivity index (χ1n) is 6.19. The molecule has 100 valence electrons. The Labute approximate surface area is 114 Å². The first-order chi connectivity index (χ1) is 9.69. The van der Waals surface area contributed by atoms with Gasteiger partial charge in [0.15, 0.2) is 12.0 Å². The second kappa shape index (κ2) is 4.77. The standard InChI is InChI=1S/C15H12N2O3/c1-10-15(19)17(8-11-6-7-12(9-18)20-11)14-5-3-2-4-13(14)16-10/h2-7,9H,8H2,1H3. The normalized spacial score (nSPS) is 10.8. The van der Waals surface area contributed by atoms with Crippen LogP contribution in [0.5, 0.6) is 0 Å². The zero-order valence-corrected chi connectivity index (χ0v) is 10.9. The average molecular weight is 268 g/mol. The van der Waals surface area contributed by atoms with Crippen molar-refractivity contribution < 1.29 is 9.21 Å². The van der Waals surface area contributed by atoms with Gasteiger partial charge < -0.3 is 4.42 Å². The fraction of sp³-hybridized carbons (Fsp3) is 0.133. The molecule has 0 atom stereocenters. The Morgan fingerprint density at radius 3 is 2.80 bits per heavy atom. The summed E-state index contributed by atoms with van der Waals surface area (Å²) in [4.78, 5) is 27.2. The van der Waals surface area contributed by atoms with E-state index in [4.69, 9.17) is 4.42 Å². The average Bonchev–Trinajstić information content (AvgIpc) is 2.91. The van der Waals surface area contributed by atoms with E-state index in [1.165, 1.54) is 0 Å². The van der Waals surface area contributed by atoms with E-state index < -0.39 is 0 Å². The van der Waals surface area contributed by atoms with Gasteiger partial charge in [-0.25, -0.2) is 4.98 Å². The molecule has 0 aliphatic heterocycles. The molecule has 5 nitrogen and oxygen atoms in total. The minimum Gasteiger partial charge on any atom is -0.456 e. The third-order valence-electron chi connectivity index (χ3n) is 3.13. The van der Waals surface area contributed by atoms with Gasteiger partial charge in [0.1, 0.15) is 11.5 Å². The topological polar surface area (TPSA) is 65.1 Å². The van der Waals surface area contributed by atoms with Gasteiger partial charge in [-0.15, -0.1) is 0 Å². The molecule has 0 radical (unpaired) electrons. The number of furan rings is 1. The molecule has 0 bridgehead atoms. The predicted octanol–water partition coefficient (Wildman–Crippen LogP) is 2.16. The molecule has 0 aliphatic rings. The molecule has 0 spiro atoms. The highest BCUT2D eigenvalue weighted by atomic mass is 16.3. The number of carbonyl (C=O) groups is 1. The molecule has 0 unspecified atom stereocenters. The van der Waals surface area contributed by atoms with Crippen molar-refractivity contribution in [3.05, 3.63) is 64.0 Å². The van der Waals surface area contributed by atoms with Gasteiger partial charge in [0.05, 0.1) is 17.6 Å². The van der Waals surface area contributed by atoms with E-state index in [0.29, 0.717) is 17.7 Å². The highest BCUT2D eigenvalue weighted by Gasteiger charge is 2.10. The minimum absolute atomic E-state index is 0.159. The summed E-state index contributed by atoms with van der Waals surface area (Å²) in [6.45, 7) is 1.96. The number of benzene rings is 1. The van der Waals surface area contributed by atoms with Gasteiger partial charge in [-0.2, -0.15) is 0 Å². The predicted molar refractivity (Wildman–Crippen MR) is 73.9 cm³/mol. The summed E-state index contributed by atoms with van der Waals surface area (Å²) in [6, 6.07) is 10.7. The van der Waals surface area contributed by atoms with E-state index in [9.17, 15) is 9.59 Å². The molecule has 20 heavy (non-hydrogen) atoms. The molecule has 0 aliphatic carbocycles. The van der Waals surface area contributed by atoms with Crippen LogP contribution in [0, 0.1) is 6.92 Å². The maximum absolute atomic E-state index is 12.3. The zero-order valence-electron chi connectivity index (χ0n) is 10.9. The lowest BCUT2D eigenvalue weighted by Crippen LogP contribution is -2.24. The Kier molecular flexibility index (Phi) is 2.95. The van der Waals surface area contributed by atoms with Crippen LogP contribution in [0.3, 0.4) is 0 Å². The molecule has 5 heteroatoms. The molecule has 2 aromatic heterocycles. The van der Waals surface area contributed by atoms with Crippen LogP contribution in [-0.4, -0.2) is 15.8 Å². The molecule has 2 heterocycles. The van der Waals surface area contributed by atoms with Gasteiger partial charge in [0, 0.05) is 0 Å². The lowest BCUT2D eigenvalue weighted by molar-refractivity contribution is 0.109. The quantitative estimate of drug-likeness (QED) is 0.683. The number of aryl methyl sites for hydroxylation is 1. The number of aromatic nitrogens is 2. The number of fused-ring (bicyclic) bond motifs is 1. The fourth-order valence-corrected chi connectivity index (χ4v) is 2.18. The number of para-hydroxylation sites is 2. The van der Waals surface area contributed by atoms with Crippen molar-refractivity contribution in [3.8, 4) is 0 Å². The smallest absolute Gasteiger partial charge is 0.272 e. The highest BCUT2D eigenvalue weighted by molar-refractivity contribution is 5.74. The number of rotatable bonds is 3. The molecular formula is C15H12N2O3. The Morgan fingerprint density at radius 1 is 1.25 bits per heavy atom. The first kappa shape index (κ1) is 12.3. The molecule has 0 N–H and O–H groups in total. The van der Waals surface area contributed by atoms with E-state index in [1.807, 2.05) is 24.3 Å². The summed E-state index contributed by atoms with van der Waals surface area (Å²) in [5, 5.41) is 0. The number of carbonyl (C=O) groups excluding carboxylic acids is 1. The lowest BCUT2D eigenvalue weighted by atomic mass is 10.2. The van der Waals surface area contributed by atoms with Gasteiger partial charge in [-0.1, -0.05) is 12.1 Å². The van der Waals surface area contributed by atoms with Crippen molar-refractivity contribution in [2.45, 2.75) is 13.5 Å². The third kappa shape index (κ3) is 2.03. The highest BCUT2D eigenvalue weighted by Crippen LogP contribution is 2.13. The Bertz CT molecular complexity index is 846. The summed E-state index contributed by atoms with van der Waals surface area (Å²) >= 11 is 0.